The minimum atomic E-state index is 0.542. The van der Waals surface area contributed by atoms with E-state index in [-0.39, 0.29) is 0 Å². The van der Waals surface area contributed by atoms with Gasteiger partial charge >= 0.3 is 0 Å². The number of halogens is 2. The van der Waals surface area contributed by atoms with Crippen LogP contribution in [-0.2, 0) is 0 Å². The van der Waals surface area contributed by atoms with Crippen LogP contribution >= 0.6 is 23.2 Å². The van der Waals surface area contributed by atoms with Gasteiger partial charge in [-0.15, -0.1) is 0 Å². The first-order chi connectivity index (χ1) is 9.69. The molecule has 20 heavy (non-hydrogen) atoms. The van der Waals surface area contributed by atoms with Gasteiger partial charge in [-0.2, -0.15) is 0 Å². The van der Waals surface area contributed by atoms with Crippen molar-refractivity contribution in [2.45, 2.75) is 45.1 Å². The summed E-state index contributed by atoms with van der Waals surface area (Å²) in [6, 6.07) is 2.33. The van der Waals surface area contributed by atoms with Gasteiger partial charge in [-0.1, -0.05) is 30.1 Å². The zero-order chi connectivity index (χ0) is 14.1. The molecule has 0 aliphatic heterocycles. The third-order valence-electron chi connectivity index (χ3n) is 4.04. The molecule has 1 heterocycles. The molecule has 0 saturated heterocycles. The summed E-state index contributed by atoms with van der Waals surface area (Å²) >= 11 is 12.5. The lowest BCUT2D eigenvalue weighted by Crippen LogP contribution is -2.25. The number of hydrogen-bond acceptors (Lipinski definition) is 3. The van der Waals surface area contributed by atoms with Gasteiger partial charge < -0.3 is 10.6 Å². The number of pyridine rings is 1. The van der Waals surface area contributed by atoms with Gasteiger partial charge in [0.15, 0.2) is 0 Å². The van der Waals surface area contributed by atoms with E-state index in [1.807, 2.05) is 0 Å². The monoisotopic (exact) mass is 313 g/mol. The molecule has 3 rings (SSSR count). The summed E-state index contributed by atoms with van der Waals surface area (Å²) in [5.74, 6) is 3.12. The Bertz CT molecular complexity index is 472. The first-order valence-corrected chi connectivity index (χ1v) is 8.31. The molecule has 1 aromatic heterocycles. The van der Waals surface area contributed by atoms with Gasteiger partial charge in [0.1, 0.15) is 11.6 Å². The maximum Gasteiger partial charge on any atom is 0.147 e. The van der Waals surface area contributed by atoms with Crippen LogP contribution in [0.4, 0.5) is 11.6 Å². The van der Waals surface area contributed by atoms with Crippen molar-refractivity contribution in [2.24, 2.45) is 11.8 Å². The summed E-state index contributed by atoms with van der Waals surface area (Å²) in [4.78, 5) is 4.58. The molecule has 2 fully saturated rings. The standard InChI is InChI=1S/C15H21Cl2N3/c1-2-7-18-14-11(16)8-12(17)15(20-14)19-13(9-3-4-9)10-5-6-10/h8-10,13H,2-7H2,1H3,(H2,18,19,20). The minimum absolute atomic E-state index is 0.542. The molecule has 0 aromatic carbocycles. The van der Waals surface area contributed by atoms with Crippen molar-refractivity contribution in [1.29, 1.82) is 0 Å². The Morgan fingerprint density at radius 3 is 2.30 bits per heavy atom. The van der Waals surface area contributed by atoms with Gasteiger partial charge in [-0.3, -0.25) is 0 Å². The van der Waals surface area contributed by atoms with E-state index in [1.54, 1.807) is 6.07 Å². The maximum atomic E-state index is 6.29. The van der Waals surface area contributed by atoms with Gasteiger partial charge in [0.25, 0.3) is 0 Å². The first-order valence-electron chi connectivity index (χ1n) is 7.55. The molecular weight excluding hydrogens is 293 g/mol. The van der Waals surface area contributed by atoms with Crippen molar-refractivity contribution < 1.29 is 0 Å². The van der Waals surface area contributed by atoms with Crippen LogP contribution < -0.4 is 10.6 Å². The number of nitrogens with one attached hydrogen (secondary N) is 2. The molecule has 0 amide bonds. The average molecular weight is 314 g/mol. The number of aromatic nitrogens is 1. The van der Waals surface area contributed by atoms with Crippen LogP contribution in [0.15, 0.2) is 6.07 Å². The molecule has 5 heteroatoms. The van der Waals surface area contributed by atoms with Crippen molar-refractivity contribution in [2.75, 3.05) is 17.2 Å². The lowest BCUT2D eigenvalue weighted by molar-refractivity contribution is 0.566. The third kappa shape index (κ3) is 3.32. The van der Waals surface area contributed by atoms with Crippen molar-refractivity contribution in [1.82, 2.24) is 4.98 Å². The SMILES string of the molecule is CCCNc1nc(NC(C2CC2)C2CC2)c(Cl)cc1Cl. The number of rotatable bonds is 7. The van der Waals surface area contributed by atoms with E-state index < -0.39 is 0 Å². The predicted octanol–water partition coefficient (Wildman–Crippen LogP) is 4.81. The molecule has 3 nitrogen and oxygen atoms in total. The highest BCUT2D eigenvalue weighted by molar-refractivity contribution is 6.37. The molecule has 1 aromatic rings. The fourth-order valence-electron chi connectivity index (χ4n) is 2.62. The zero-order valence-electron chi connectivity index (χ0n) is 11.8. The fourth-order valence-corrected chi connectivity index (χ4v) is 3.10. The molecule has 2 aliphatic rings. The van der Waals surface area contributed by atoms with Gasteiger partial charge in [-0.25, -0.2) is 4.98 Å². The molecule has 0 atom stereocenters. The Morgan fingerprint density at radius 2 is 1.75 bits per heavy atom. The second-order valence-electron chi connectivity index (χ2n) is 5.92. The normalized spacial score (nSPS) is 18.4. The van der Waals surface area contributed by atoms with Crippen LogP contribution in [0.5, 0.6) is 0 Å². The second kappa shape index (κ2) is 5.98. The van der Waals surface area contributed by atoms with Crippen LogP contribution in [0.1, 0.15) is 39.0 Å². The number of hydrogen-bond donors (Lipinski definition) is 2. The quantitative estimate of drug-likeness (QED) is 0.758. The van der Waals surface area contributed by atoms with E-state index in [0.29, 0.717) is 16.1 Å². The van der Waals surface area contributed by atoms with Crippen molar-refractivity contribution >= 4 is 34.8 Å². The predicted molar refractivity (Wildman–Crippen MR) is 85.9 cm³/mol. The van der Waals surface area contributed by atoms with E-state index in [2.05, 4.69) is 22.5 Å². The molecule has 110 valence electrons. The highest BCUT2D eigenvalue weighted by atomic mass is 35.5. The molecule has 0 bridgehead atoms. The molecule has 2 N–H and O–H groups in total. The second-order valence-corrected chi connectivity index (χ2v) is 6.74. The maximum absolute atomic E-state index is 6.29. The third-order valence-corrected chi connectivity index (χ3v) is 4.61. The average Bonchev–Trinajstić information content (AvgIpc) is 3.27. The Kier molecular flexibility index (Phi) is 4.27. The van der Waals surface area contributed by atoms with E-state index >= 15 is 0 Å². The largest absolute Gasteiger partial charge is 0.369 e. The molecular formula is C15H21Cl2N3. The molecule has 2 aliphatic carbocycles. The zero-order valence-corrected chi connectivity index (χ0v) is 13.3. The summed E-state index contributed by atoms with van der Waals surface area (Å²) in [5.41, 5.74) is 0. The summed E-state index contributed by atoms with van der Waals surface area (Å²) in [6.07, 6.45) is 6.37. The highest BCUT2D eigenvalue weighted by Crippen LogP contribution is 2.46. The Labute approximate surface area is 130 Å². The first kappa shape index (κ1) is 14.3. The summed E-state index contributed by atoms with van der Waals surface area (Å²) in [6.45, 7) is 2.98. The van der Waals surface area contributed by atoms with Crippen LogP contribution in [-0.4, -0.2) is 17.6 Å². The molecule has 0 spiro atoms. The van der Waals surface area contributed by atoms with Gasteiger partial charge in [-0.05, 0) is 50.0 Å². The summed E-state index contributed by atoms with van der Waals surface area (Å²) < 4.78 is 0. The number of nitrogens with zero attached hydrogens (tertiary/aromatic N) is 1. The molecule has 2 saturated carbocycles. The topological polar surface area (TPSA) is 37.0 Å². The van der Waals surface area contributed by atoms with Crippen LogP contribution in [0, 0.1) is 11.8 Å². The van der Waals surface area contributed by atoms with Crippen molar-refractivity contribution in [3.63, 3.8) is 0 Å². The van der Waals surface area contributed by atoms with E-state index in [1.165, 1.54) is 25.7 Å². The van der Waals surface area contributed by atoms with Crippen molar-refractivity contribution in [3.8, 4) is 0 Å². The van der Waals surface area contributed by atoms with Crippen LogP contribution in [0.3, 0.4) is 0 Å². The Balaban J connectivity index is 1.76. The van der Waals surface area contributed by atoms with Crippen LogP contribution in [0.2, 0.25) is 10.0 Å². The summed E-state index contributed by atoms with van der Waals surface area (Å²) in [7, 11) is 0. The Morgan fingerprint density at radius 1 is 1.15 bits per heavy atom. The van der Waals surface area contributed by atoms with E-state index in [0.717, 1.165) is 36.4 Å². The Hall–Kier alpha value is -0.670. The lowest BCUT2D eigenvalue weighted by Gasteiger charge is -2.20. The van der Waals surface area contributed by atoms with Crippen LogP contribution in [0.25, 0.3) is 0 Å². The lowest BCUT2D eigenvalue weighted by atomic mass is 10.1. The van der Waals surface area contributed by atoms with Crippen molar-refractivity contribution in [3.05, 3.63) is 16.1 Å². The van der Waals surface area contributed by atoms with Gasteiger partial charge in [0.05, 0.1) is 10.0 Å². The molecule has 0 radical (unpaired) electrons. The number of anilines is 2. The van der Waals surface area contributed by atoms with Gasteiger partial charge in [0, 0.05) is 12.6 Å². The highest BCUT2D eigenvalue weighted by Gasteiger charge is 2.41. The van der Waals surface area contributed by atoms with E-state index in [4.69, 9.17) is 23.2 Å². The smallest absolute Gasteiger partial charge is 0.147 e. The van der Waals surface area contributed by atoms with E-state index in [9.17, 15) is 0 Å². The fraction of sp³-hybridized carbons (Fsp3) is 0.667. The molecule has 0 unspecified atom stereocenters. The summed E-state index contributed by atoms with van der Waals surface area (Å²) in [5, 5.41) is 8.03. The minimum Gasteiger partial charge on any atom is -0.369 e. The van der Waals surface area contributed by atoms with Gasteiger partial charge in [0.2, 0.25) is 0 Å².